The molecule has 0 heteroatoms. The molecule has 0 aromatic heterocycles. The highest BCUT2D eigenvalue weighted by atomic mass is 14.7. The number of hydrogen-bond acceptors (Lipinski definition) is 0. The lowest BCUT2D eigenvalue weighted by Gasteiger charge is -2.23. The van der Waals surface area contributed by atoms with Crippen molar-refractivity contribution in [2.24, 2.45) is 23.7 Å². The largest absolute Gasteiger partial charge is 0.0499 e. The molecule has 0 bridgehead atoms. The lowest BCUT2D eigenvalue weighted by Crippen LogP contribution is -2.14. The molecule has 3 aliphatic rings. The number of rotatable bonds is 0. The Morgan fingerprint density at radius 2 is 2.00 bits per heavy atom. The van der Waals surface area contributed by atoms with Gasteiger partial charge in [0.2, 0.25) is 0 Å². The van der Waals surface area contributed by atoms with E-state index in [0.29, 0.717) is 0 Å². The first-order chi connectivity index (χ1) is 3.47. The molecular formula is C7H10. The predicted molar refractivity (Wildman–Crippen MR) is 27.8 cm³/mol. The van der Waals surface area contributed by atoms with E-state index < -0.39 is 0 Å². The van der Waals surface area contributed by atoms with Gasteiger partial charge in [-0.2, -0.15) is 0 Å². The van der Waals surface area contributed by atoms with E-state index in [9.17, 15) is 0 Å². The lowest BCUT2D eigenvalue weighted by molar-refractivity contribution is 0.270. The molecule has 0 amide bonds. The fourth-order valence-corrected chi connectivity index (χ4v) is 2.94. The molecule has 4 atom stereocenters. The van der Waals surface area contributed by atoms with Gasteiger partial charge in [-0.3, -0.25) is 0 Å². The summed E-state index contributed by atoms with van der Waals surface area (Å²) in [5, 5.41) is 0. The van der Waals surface area contributed by atoms with Crippen LogP contribution < -0.4 is 0 Å². The monoisotopic (exact) mass is 94.1 g/mol. The minimum absolute atomic E-state index is 1.23. The van der Waals surface area contributed by atoms with Crippen molar-refractivity contribution in [1.82, 2.24) is 0 Å². The first kappa shape index (κ1) is 3.11. The zero-order valence-electron chi connectivity index (χ0n) is 4.43. The van der Waals surface area contributed by atoms with E-state index in [-0.39, 0.29) is 0 Å². The van der Waals surface area contributed by atoms with E-state index in [1.54, 1.807) is 19.3 Å². The van der Waals surface area contributed by atoms with Crippen LogP contribution in [0.3, 0.4) is 0 Å². The molecule has 3 saturated carbocycles. The van der Waals surface area contributed by atoms with Crippen molar-refractivity contribution < 1.29 is 0 Å². The van der Waals surface area contributed by atoms with Crippen molar-refractivity contribution >= 4 is 0 Å². The smallest absolute Gasteiger partial charge is 0.0323 e. The molecule has 0 aromatic rings. The quantitative estimate of drug-likeness (QED) is 0.428. The van der Waals surface area contributed by atoms with Crippen LogP contribution in [0.25, 0.3) is 0 Å². The van der Waals surface area contributed by atoms with Gasteiger partial charge in [0.05, 0.1) is 0 Å². The van der Waals surface area contributed by atoms with Crippen molar-refractivity contribution in [3.05, 3.63) is 0 Å². The molecule has 7 heavy (non-hydrogen) atoms. The summed E-state index contributed by atoms with van der Waals surface area (Å²) in [4.78, 5) is 0. The minimum atomic E-state index is 1.23. The van der Waals surface area contributed by atoms with E-state index in [2.05, 4.69) is 0 Å². The van der Waals surface area contributed by atoms with Gasteiger partial charge in [-0.25, -0.2) is 0 Å². The molecule has 3 aliphatic carbocycles. The van der Waals surface area contributed by atoms with Gasteiger partial charge in [-0.1, -0.05) is 0 Å². The van der Waals surface area contributed by atoms with Crippen LogP contribution in [-0.4, -0.2) is 0 Å². The van der Waals surface area contributed by atoms with Crippen LogP contribution in [0, 0.1) is 23.7 Å². The fraction of sp³-hybridized carbons (Fsp3) is 1.00. The highest BCUT2D eigenvalue weighted by molar-refractivity contribution is 5.14. The molecule has 0 N–H and O–H groups in total. The highest BCUT2D eigenvalue weighted by Crippen LogP contribution is 2.72. The Morgan fingerprint density at radius 3 is 2.14 bits per heavy atom. The molecule has 3 fully saturated rings. The summed E-state index contributed by atoms with van der Waals surface area (Å²) < 4.78 is 0. The van der Waals surface area contributed by atoms with Gasteiger partial charge >= 0.3 is 0 Å². The van der Waals surface area contributed by atoms with E-state index in [4.69, 9.17) is 0 Å². The average molecular weight is 94.2 g/mol. The van der Waals surface area contributed by atoms with Gasteiger partial charge in [0.15, 0.2) is 0 Å². The second-order valence-electron chi connectivity index (χ2n) is 3.48. The van der Waals surface area contributed by atoms with Crippen molar-refractivity contribution in [2.75, 3.05) is 0 Å². The van der Waals surface area contributed by atoms with E-state index in [1.807, 2.05) is 0 Å². The lowest BCUT2D eigenvalue weighted by atomic mass is 9.82. The standard InChI is InChI=1S/C7H10/c1-2-5-6-3-4(1)7(5)6/h4-7H,1-3H2/t4-,5+,6-,7+/m0/s1. The molecule has 0 heterocycles. The SMILES string of the molecule is C1C[C@@H]2[C@@H]3C[C@H]1[C@H]23. The minimum Gasteiger partial charge on any atom is -0.0499 e. The molecule has 0 unspecified atom stereocenters. The average Bonchev–Trinajstić information content (AvgIpc) is 2.02. The zero-order valence-corrected chi connectivity index (χ0v) is 4.43. The third-order valence-corrected chi connectivity index (χ3v) is 3.39. The predicted octanol–water partition coefficient (Wildman–Crippen LogP) is 1.66. The summed E-state index contributed by atoms with van der Waals surface area (Å²) in [6, 6.07) is 0. The third kappa shape index (κ3) is 0.181. The topological polar surface area (TPSA) is 0 Å². The van der Waals surface area contributed by atoms with E-state index >= 15 is 0 Å². The fourth-order valence-electron chi connectivity index (χ4n) is 2.94. The summed E-state index contributed by atoms with van der Waals surface area (Å²) in [5.41, 5.74) is 0. The van der Waals surface area contributed by atoms with Crippen LogP contribution in [0.1, 0.15) is 19.3 Å². The van der Waals surface area contributed by atoms with Gasteiger partial charge in [0.25, 0.3) is 0 Å². The van der Waals surface area contributed by atoms with Crippen molar-refractivity contribution in [1.29, 1.82) is 0 Å². The molecule has 0 nitrogen and oxygen atoms in total. The van der Waals surface area contributed by atoms with Gasteiger partial charge in [0.1, 0.15) is 0 Å². The maximum Gasteiger partial charge on any atom is -0.0323 e. The van der Waals surface area contributed by atoms with Crippen LogP contribution in [-0.2, 0) is 0 Å². The third-order valence-electron chi connectivity index (χ3n) is 3.39. The van der Waals surface area contributed by atoms with Crippen LogP contribution in [0.15, 0.2) is 0 Å². The van der Waals surface area contributed by atoms with E-state index in [0.717, 1.165) is 0 Å². The van der Waals surface area contributed by atoms with Crippen molar-refractivity contribution in [3.63, 3.8) is 0 Å². The Labute approximate surface area is 43.9 Å². The van der Waals surface area contributed by atoms with Crippen LogP contribution in [0.4, 0.5) is 0 Å². The molecule has 3 rings (SSSR count). The summed E-state index contributed by atoms with van der Waals surface area (Å²) in [6.45, 7) is 0. The number of hydrogen-bond donors (Lipinski definition) is 0. The van der Waals surface area contributed by atoms with Crippen LogP contribution >= 0.6 is 0 Å². The molecule has 0 spiro atoms. The van der Waals surface area contributed by atoms with Gasteiger partial charge in [-0.05, 0) is 42.9 Å². The first-order valence-electron chi connectivity index (χ1n) is 3.47. The Hall–Kier alpha value is 0. The highest BCUT2D eigenvalue weighted by Gasteiger charge is 2.65. The van der Waals surface area contributed by atoms with Crippen molar-refractivity contribution in [3.8, 4) is 0 Å². The number of fused-ring (bicyclic) bond motifs is 1. The second-order valence-corrected chi connectivity index (χ2v) is 3.48. The maximum absolute atomic E-state index is 1.62. The van der Waals surface area contributed by atoms with Gasteiger partial charge < -0.3 is 0 Å². The summed E-state index contributed by atoms with van der Waals surface area (Å²) in [7, 11) is 0. The first-order valence-corrected chi connectivity index (χ1v) is 3.47. The van der Waals surface area contributed by atoms with Crippen LogP contribution in [0.5, 0.6) is 0 Å². The summed E-state index contributed by atoms with van der Waals surface area (Å²) >= 11 is 0. The Balaban J connectivity index is 2.07. The second kappa shape index (κ2) is 0.667. The van der Waals surface area contributed by atoms with Gasteiger partial charge in [-0.15, -0.1) is 0 Å². The Kier molecular flexibility index (Phi) is 0.296. The Morgan fingerprint density at radius 1 is 1.00 bits per heavy atom. The Bertz CT molecular complexity index is 104. The molecular weight excluding hydrogens is 84.1 g/mol. The van der Waals surface area contributed by atoms with E-state index in [1.165, 1.54) is 23.7 Å². The van der Waals surface area contributed by atoms with Gasteiger partial charge in [0, 0.05) is 0 Å². The molecule has 0 saturated heterocycles. The van der Waals surface area contributed by atoms with Crippen molar-refractivity contribution in [2.45, 2.75) is 19.3 Å². The normalized spacial score (nSPS) is 72.0. The molecule has 0 aliphatic heterocycles. The van der Waals surface area contributed by atoms with Crippen LogP contribution in [0.2, 0.25) is 0 Å². The maximum atomic E-state index is 1.62. The molecule has 0 aromatic carbocycles. The molecule has 0 radical (unpaired) electrons. The summed E-state index contributed by atoms with van der Waals surface area (Å²) in [6.07, 6.45) is 4.81. The zero-order chi connectivity index (χ0) is 4.43. The summed E-state index contributed by atoms with van der Waals surface area (Å²) in [5.74, 6) is 5.03. The molecule has 38 valence electrons.